The largest absolute Gasteiger partial charge is 0.255 e. The van der Waals surface area contributed by atoms with Crippen LogP contribution in [0.25, 0.3) is 21.5 Å². The zero-order chi connectivity index (χ0) is 26.4. The summed E-state index contributed by atoms with van der Waals surface area (Å²) >= 11 is 0. The third kappa shape index (κ3) is 9.82. The minimum Gasteiger partial charge on any atom is -0.255 e. The summed E-state index contributed by atoms with van der Waals surface area (Å²) in [6, 6.07) is 19.8. The Kier molecular flexibility index (Phi) is 14.3. The molecule has 0 unspecified atom stereocenters. The summed E-state index contributed by atoms with van der Waals surface area (Å²) in [6.45, 7) is 19.1. The molecule has 0 radical (unpaired) electrons. The number of aryl methyl sites for hydroxylation is 3. The average Bonchev–Trinajstić information content (AvgIpc) is 2.80. The van der Waals surface area contributed by atoms with Gasteiger partial charge in [0.15, 0.2) is 0 Å². The van der Waals surface area contributed by atoms with E-state index < -0.39 is 11.6 Å². The predicted octanol–water partition coefficient (Wildman–Crippen LogP) is 10.4. The number of hydrogen-bond donors (Lipinski definition) is 0. The lowest BCUT2D eigenvalue weighted by molar-refractivity contribution is 0.577. The van der Waals surface area contributed by atoms with Crippen LogP contribution in [0.15, 0.2) is 72.8 Å². The molecule has 4 aromatic carbocycles. The molecule has 0 aromatic heterocycles. The molecule has 0 aliphatic rings. The number of allylic oxidation sites excluding steroid dienone is 1. The Bertz CT molecular complexity index is 1150. The fraction of sp³-hybridized carbons (Fsp3) is 0.290. The van der Waals surface area contributed by atoms with Crippen molar-refractivity contribution in [1.29, 1.82) is 0 Å². The standard InChI is InChI=1S/C12H10F2.C12H12.C4H8.C2H6.CH3F/c1-7-3-4-10-9(5-7)6-11(13)8(2)12(10)14;1-9-3-5-12-8-10(2)4-6-11(12)7-9;1-4(2)3;2*1-2/h3-6H,1-2H3;3-8H,1-2H3;1H2,2-3H3;1-2H3;1H3. The molecule has 0 nitrogen and oxygen atoms in total. The molecule has 0 aliphatic heterocycles. The van der Waals surface area contributed by atoms with Gasteiger partial charge in [-0.1, -0.05) is 90.7 Å². The molecular formula is C31H39F3. The SMILES string of the molecule is C=C(C)C.CC.CF.Cc1ccc2c(F)c(C)c(F)cc2c1.Cc1ccc2cc(C)ccc2c1. The molecular weight excluding hydrogens is 429 g/mol. The van der Waals surface area contributed by atoms with Crippen molar-refractivity contribution >= 4 is 21.5 Å². The summed E-state index contributed by atoms with van der Waals surface area (Å²) in [5.41, 5.74) is 4.90. The third-order valence-electron chi connectivity index (χ3n) is 4.56. The van der Waals surface area contributed by atoms with Crippen molar-refractivity contribution in [3.63, 3.8) is 0 Å². The van der Waals surface area contributed by atoms with Gasteiger partial charge in [-0.2, -0.15) is 0 Å². The van der Waals surface area contributed by atoms with E-state index in [0.717, 1.165) is 5.56 Å². The summed E-state index contributed by atoms with van der Waals surface area (Å²) < 4.78 is 36.3. The smallest absolute Gasteiger partial charge is 0.136 e. The van der Waals surface area contributed by atoms with Gasteiger partial charge in [0.05, 0.1) is 7.18 Å². The number of halogens is 3. The number of alkyl halides is 1. The highest BCUT2D eigenvalue weighted by Crippen LogP contribution is 2.24. The van der Waals surface area contributed by atoms with Crippen LogP contribution in [0.3, 0.4) is 0 Å². The zero-order valence-corrected chi connectivity index (χ0v) is 22.1. The Morgan fingerprint density at radius 1 is 0.618 bits per heavy atom. The highest BCUT2D eigenvalue weighted by atomic mass is 19.1. The van der Waals surface area contributed by atoms with Crippen LogP contribution in [0.5, 0.6) is 0 Å². The van der Waals surface area contributed by atoms with E-state index in [1.807, 2.05) is 40.7 Å². The van der Waals surface area contributed by atoms with Gasteiger partial charge in [0.25, 0.3) is 0 Å². The molecule has 0 aliphatic carbocycles. The van der Waals surface area contributed by atoms with Gasteiger partial charge in [-0.3, -0.25) is 4.39 Å². The molecule has 0 spiro atoms. The Labute approximate surface area is 204 Å². The maximum atomic E-state index is 13.6. The first-order valence-electron chi connectivity index (χ1n) is 11.4. The molecule has 4 aromatic rings. The second-order valence-electron chi connectivity index (χ2n) is 8.08. The van der Waals surface area contributed by atoms with E-state index in [0.29, 0.717) is 17.9 Å². The zero-order valence-electron chi connectivity index (χ0n) is 22.1. The normalized spacial score (nSPS) is 9.29. The predicted molar refractivity (Wildman–Crippen MR) is 146 cm³/mol. The van der Waals surface area contributed by atoms with Gasteiger partial charge in [0.2, 0.25) is 0 Å². The average molecular weight is 469 g/mol. The summed E-state index contributed by atoms with van der Waals surface area (Å²) in [5, 5.41) is 3.77. The molecule has 3 heteroatoms. The second kappa shape index (κ2) is 15.7. The van der Waals surface area contributed by atoms with E-state index in [4.69, 9.17) is 0 Å². The highest BCUT2D eigenvalue weighted by Gasteiger charge is 2.09. The molecule has 0 heterocycles. The second-order valence-corrected chi connectivity index (χ2v) is 8.08. The molecule has 0 fully saturated rings. The van der Waals surface area contributed by atoms with Crippen LogP contribution in [0.1, 0.15) is 49.9 Å². The van der Waals surface area contributed by atoms with Crippen molar-refractivity contribution in [3.05, 3.63) is 107 Å². The summed E-state index contributed by atoms with van der Waals surface area (Å²) in [6.07, 6.45) is 0. The first-order chi connectivity index (χ1) is 16.1. The van der Waals surface area contributed by atoms with Gasteiger partial charge in [0.1, 0.15) is 11.6 Å². The topological polar surface area (TPSA) is 0 Å². The van der Waals surface area contributed by atoms with Crippen LogP contribution in [-0.4, -0.2) is 7.18 Å². The number of hydrogen-bond acceptors (Lipinski definition) is 0. The molecule has 0 atom stereocenters. The van der Waals surface area contributed by atoms with Crippen molar-refractivity contribution in [2.75, 3.05) is 7.18 Å². The third-order valence-corrected chi connectivity index (χ3v) is 4.56. The molecule has 4 rings (SSSR count). The van der Waals surface area contributed by atoms with E-state index in [1.165, 1.54) is 40.5 Å². The van der Waals surface area contributed by atoms with Gasteiger partial charge in [0, 0.05) is 10.9 Å². The number of benzene rings is 4. The minimum absolute atomic E-state index is 0.0846. The van der Waals surface area contributed by atoms with Gasteiger partial charge >= 0.3 is 0 Å². The summed E-state index contributed by atoms with van der Waals surface area (Å²) in [7, 11) is 0.500. The van der Waals surface area contributed by atoms with E-state index >= 15 is 0 Å². The van der Waals surface area contributed by atoms with E-state index in [1.54, 1.807) is 12.1 Å². The van der Waals surface area contributed by atoms with Gasteiger partial charge in [-0.15, -0.1) is 6.58 Å². The van der Waals surface area contributed by atoms with E-state index in [9.17, 15) is 13.2 Å². The molecule has 184 valence electrons. The van der Waals surface area contributed by atoms with Crippen molar-refractivity contribution < 1.29 is 13.2 Å². The van der Waals surface area contributed by atoms with Crippen molar-refractivity contribution in [1.82, 2.24) is 0 Å². The Morgan fingerprint density at radius 3 is 1.38 bits per heavy atom. The van der Waals surface area contributed by atoms with Crippen molar-refractivity contribution in [3.8, 4) is 0 Å². The van der Waals surface area contributed by atoms with Crippen LogP contribution in [-0.2, 0) is 0 Å². The lowest BCUT2D eigenvalue weighted by atomic mass is 10.0. The quantitative estimate of drug-likeness (QED) is 0.225. The molecule has 0 N–H and O–H groups in total. The number of rotatable bonds is 0. The maximum Gasteiger partial charge on any atom is 0.136 e. The van der Waals surface area contributed by atoms with Crippen LogP contribution >= 0.6 is 0 Å². The highest BCUT2D eigenvalue weighted by molar-refractivity contribution is 5.85. The van der Waals surface area contributed by atoms with Crippen LogP contribution in [0.4, 0.5) is 13.2 Å². The first kappa shape index (κ1) is 30.9. The molecule has 0 saturated heterocycles. The van der Waals surface area contributed by atoms with E-state index in [2.05, 4.69) is 56.8 Å². The van der Waals surface area contributed by atoms with Crippen LogP contribution in [0.2, 0.25) is 0 Å². The van der Waals surface area contributed by atoms with Crippen molar-refractivity contribution in [2.45, 2.75) is 55.4 Å². The first-order valence-corrected chi connectivity index (χ1v) is 11.4. The Morgan fingerprint density at radius 2 is 0.971 bits per heavy atom. The molecule has 34 heavy (non-hydrogen) atoms. The fourth-order valence-corrected chi connectivity index (χ4v) is 3.04. The lowest BCUT2D eigenvalue weighted by Gasteiger charge is -2.04. The summed E-state index contributed by atoms with van der Waals surface area (Å²) in [4.78, 5) is 0. The van der Waals surface area contributed by atoms with Gasteiger partial charge in [-0.05, 0) is 63.8 Å². The fourth-order valence-electron chi connectivity index (χ4n) is 3.04. The van der Waals surface area contributed by atoms with E-state index in [-0.39, 0.29) is 5.56 Å². The summed E-state index contributed by atoms with van der Waals surface area (Å²) in [5.74, 6) is -0.944. The number of fused-ring (bicyclic) bond motifs is 2. The van der Waals surface area contributed by atoms with Crippen LogP contribution in [0, 0.1) is 39.3 Å². The lowest BCUT2D eigenvalue weighted by Crippen LogP contribution is -1.90. The Balaban J connectivity index is 0.000000496. The van der Waals surface area contributed by atoms with Gasteiger partial charge < -0.3 is 0 Å². The maximum absolute atomic E-state index is 13.6. The molecule has 0 bridgehead atoms. The monoisotopic (exact) mass is 468 g/mol. The van der Waals surface area contributed by atoms with Crippen LogP contribution < -0.4 is 0 Å². The molecule has 0 saturated carbocycles. The van der Waals surface area contributed by atoms with Crippen molar-refractivity contribution in [2.24, 2.45) is 0 Å². The Hall–Kier alpha value is -3.07. The minimum atomic E-state index is -0.486. The van der Waals surface area contributed by atoms with Gasteiger partial charge in [-0.25, -0.2) is 8.78 Å². The molecule has 0 amide bonds.